The van der Waals surface area contributed by atoms with Crippen molar-refractivity contribution in [1.29, 1.82) is 0 Å². The van der Waals surface area contributed by atoms with E-state index in [9.17, 15) is 9.59 Å². The molecule has 2 aromatic heterocycles. The third-order valence-electron chi connectivity index (χ3n) is 8.96. The van der Waals surface area contributed by atoms with Gasteiger partial charge in [0.15, 0.2) is 5.82 Å². The monoisotopic (exact) mass is 528 g/mol. The van der Waals surface area contributed by atoms with E-state index in [4.69, 9.17) is 14.0 Å². The number of H-pyrrole nitrogens is 1. The second-order valence-electron chi connectivity index (χ2n) is 11.6. The Balaban J connectivity index is 1.52. The highest BCUT2D eigenvalue weighted by Gasteiger charge is 2.73. The average molecular weight is 529 g/mol. The number of para-hydroxylation sites is 2. The highest BCUT2D eigenvalue weighted by Crippen LogP contribution is 2.64. The van der Waals surface area contributed by atoms with Gasteiger partial charge in [-0.1, -0.05) is 41.6 Å². The van der Waals surface area contributed by atoms with Crippen LogP contribution >= 0.6 is 0 Å². The standard InChI is InChI=1S/C30H32N4O5/c1-29(2)15-18(13-14-38-29)24-20-11-7-8-12-23(20)34(25(24)26(35)33(3)19-9-5-4-6-10-19)30(21-16-37-17-22(21)30)27-31-28(36)39-32-27/h4-12,18,21-22H,13-17H2,1-3H3,(H,31,32,36)/t18-,21?,22?,30?/m0/s1. The van der Waals surface area contributed by atoms with Gasteiger partial charge < -0.3 is 18.9 Å². The van der Waals surface area contributed by atoms with Gasteiger partial charge in [0.05, 0.1) is 18.8 Å². The maximum Gasteiger partial charge on any atom is 0.438 e. The molecule has 39 heavy (non-hydrogen) atoms. The molecule has 1 saturated carbocycles. The number of nitrogens with one attached hydrogen (secondary N) is 1. The quantitative estimate of drug-likeness (QED) is 0.415. The molecule has 2 aromatic carbocycles. The molecular formula is C30H32N4O5. The zero-order valence-electron chi connectivity index (χ0n) is 22.3. The summed E-state index contributed by atoms with van der Waals surface area (Å²) in [4.78, 5) is 31.5. The van der Waals surface area contributed by atoms with E-state index in [1.165, 1.54) is 0 Å². The van der Waals surface area contributed by atoms with Gasteiger partial charge in [-0.05, 0) is 56.4 Å². The number of hydrogen-bond donors (Lipinski definition) is 1. The summed E-state index contributed by atoms with van der Waals surface area (Å²) in [6.07, 6.45) is 1.61. The molecule has 3 aliphatic rings. The number of hydrogen-bond acceptors (Lipinski definition) is 6. The Bertz CT molecular complexity index is 1610. The van der Waals surface area contributed by atoms with E-state index < -0.39 is 11.3 Å². The number of fused-ring (bicyclic) bond motifs is 2. The lowest BCUT2D eigenvalue weighted by molar-refractivity contribution is -0.0592. The topological polar surface area (TPSA) is 103 Å². The number of amides is 1. The molecular weight excluding hydrogens is 496 g/mol. The Morgan fingerprint density at radius 1 is 1.08 bits per heavy atom. The first-order chi connectivity index (χ1) is 18.8. The molecule has 0 spiro atoms. The number of carbonyl (C=O) groups is 1. The third kappa shape index (κ3) is 3.56. The largest absolute Gasteiger partial charge is 0.438 e. The minimum atomic E-state index is -0.745. The number of nitrogens with zero attached hydrogens (tertiary/aromatic N) is 3. The first-order valence-corrected chi connectivity index (χ1v) is 13.6. The summed E-state index contributed by atoms with van der Waals surface area (Å²) < 4.78 is 19.1. The molecule has 202 valence electrons. The number of benzene rings is 2. The Kier molecular flexibility index (Phi) is 5.41. The fraction of sp³-hybridized carbons (Fsp3) is 0.433. The molecule has 1 amide bonds. The van der Waals surface area contributed by atoms with Gasteiger partial charge in [0.25, 0.3) is 5.91 Å². The normalized spacial score (nSPS) is 27.4. The molecule has 3 atom stereocenters. The summed E-state index contributed by atoms with van der Waals surface area (Å²) in [6.45, 7) is 5.89. The lowest BCUT2D eigenvalue weighted by Gasteiger charge is -2.36. The van der Waals surface area contributed by atoms with Crippen LogP contribution in [0.2, 0.25) is 0 Å². The van der Waals surface area contributed by atoms with Crippen LogP contribution in [0.15, 0.2) is 63.9 Å². The van der Waals surface area contributed by atoms with Crippen LogP contribution in [0.4, 0.5) is 5.69 Å². The van der Waals surface area contributed by atoms with E-state index in [-0.39, 0.29) is 29.3 Å². The molecule has 0 bridgehead atoms. The molecule has 2 saturated heterocycles. The summed E-state index contributed by atoms with van der Waals surface area (Å²) in [5.74, 6) is -0.0310. The number of aromatic amines is 1. The van der Waals surface area contributed by atoms with E-state index in [0.29, 0.717) is 31.3 Å². The highest BCUT2D eigenvalue weighted by molar-refractivity contribution is 6.10. The summed E-state index contributed by atoms with van der Waals surface area (Å²) in [7, 11) is 1.82. The van der Waals surface area contributed by atoms with Crippen molar-refractivity contribution in [2.24, 2.45) is 11.8 Å². The number of carbonyl (C=O) groups excluding carboxylic acids is 1. The van der Waals surface area contributed by atoms with E-state index in [2.05, 4.69) is 40.7 Å². The van der Waals surface area contributed by atoms with E-state index >= 15 is 0 Å². The Morgan fingerprint density at radius 3 is 2.49 bits per heavy atom. The average Bonchev–Trinajstić information content (AvgIpc) is 3.40. The second-order valence-corrected chi connectivity index (χ2v) is 11.6. The number of ether oxygens (including phenoxy) is 2. The number of rotatable bonds is 5. The van der Waals surface area contributed by atoms with Gasteiger partial charge >= 0.3 is 5.76 Å². The Morgan fingerprint density at radius 2 is 1.79 bits per heavy atom. The van der Waals surface area contributed by atoms with Gasteiger partial charge in [-0.25, -0.2) is 4.79 Å². The van der Waals surface area contributed by atoms with Crippen LogP contribution in [0.1, 0.15) is 54.5 Å². The Hall–Kier alpha value is -3.69. The van der Waals surface area contributed by atoms with Gasteiger partial charge in [0.1, 0.15) is 11.2 Å². The maximum absolute atomic E-state index is 14.7. The lowest BCUT2D eigenvalue weighted by Crippen LogP contribution is -2.37. The molecule has 0 radical (unpaired) electrons. The fourth-order valence-corrected chi connectivity index (χ4v) is 7.20. The zero-order chi connectivity index (χ0) is 26.9. The van der Waals surface area contributed by atoms with Crippen LogP contribution in [0, 0.1) is 11.8 Å². The summed E-state index contributed by atoms with van der Waals surface area (Å²) in [5, 5.41) is 5.24. The molecule has 4 heterocycles. The SMILES string of the molecule is CN(C(=O)c1c([C@H]2CCOC(C)(C)C2)c2ccccc2n1C1(c2noc(=O)[nH]2)C2COCC21)c1ccccc1. The van der Waals surface area contributed by atoms with Crippen molar-refractivity contribution < 1.29 is 18.8 Å². The lowest BCUT2D eigenvalue weighted by atomic mass is 9.82. The van der Waals surface area contributed by atoms with Crippen molar-refractivity contribution in [2.75, 3.05) is 31.8 Å². The van der Waals surface area contributed by atoms with Gasteiger partial charge in [-0.3, -0.25) is 14.3 Å². The van der Waals surface area contributed by atoms with Gasteiger partial charge in [0.2, 0.25) is 0 Å². The predicted octanol–water partition coefficient (Wildman–Crippen LogP) is 4.29. The minimum absolute atomic E-state index is 0.0571. The van der Waals surface area contributed by atoms with E-state index in [1.54, 1.807) is 4.90 Å². The van der Waals surface area contributed by atoms with Crippen LogP contribution < -0.4 is 10.7 Å². The smallest absolute Gasteiger partial charge is 0.381 e. The van der Waals surface area contributed by atoms with Crippen molar-refractivity contribution in [3.05, 3.63) is 82.2 Å². The van der Waals surface area contributed by atoms with Crippen LogP contribution in [0.5, 0.6) is 0 Å². The van der Waals surface area contributed by atoms with Crippen LogP contribution in [0.3, 0.4) is 0 Å². The van der Waals surface area contributed by atoms with Crippen molar-refractivity contribution in [2.45, 2.75) is 43.7 Å². The zero-order valence-corrected chi connectivity index (χ0v) is 22.3. The first-order valence-electron chi connectivity index (χ1n) is 13.6. The van der Waals surface area contributed by atoms with Crippen LogP contribution in [-0.2, 0) is 15.0 Å². The van der Waals surface area contributed by atoms with Crippen molar-refractivity contribution in [3.8, 4) is 0 Å². The summed E-state index contributed by atoms with van der Waals surface area (Å²) >= 11 is 0. The molecule has 4 aromatic rings. The van der Waals surface area contributed by atoms with Gasteiger partial charge in [0, 0.05) is 42.1 Å². The highest BCUT2D eigenvalue weighted by atomic mass is 16.5. The fourth-order valence-electron chi connectivity index (χ4n) is 7.20. The van der Waals surface area contributed by atoms with Gasteiger partial charge in [-0.15, -0.1) is 0 Å². The molecule has 9 nitrogen and oxygen atoms in total. The number of anilines is 1. The van der Waals surface area contributed by atoms with Crippen LogP contribution in [0.25, 0.3) is 10.9 Å². The maximum atomic E-state index is 14.7. The molecule has 9 heteroatoms. The van der Waals surface area contributed by atoms with Crippen molar-refractivity contribution >= 4 is 22.5 Å². The third-order valence-corrected chi connectivity index (χ3v) is 8.96. The molecule has 3 fully saturated rings. The molecule has 2 aliphatic heterocycles. The summed E-state index contributed by atoms with van der Waals surface area (Å²) in [5.41, 5.74) is 2.36. The Labute approximate surface area is 225 Å². The molecule has 7 rings (SSSR count). The van der Waals surface area contributed by atoms with Crippen molar-refractivity contribution in [3.63, 3.8) is 0 Å². The van der Waals surface area contributed by atoms with E-state index in [0.717, 1.165) is 35.0 Å². The predicted molar refractivity (Wildman–Crippen MR) is 145 cm³/mol. The van der Waals surface area contributed by atoms with Crippen LogP contribution in [-0.4, -0.2) is 53.1 Å². The summed E-state index contributed by atoms with van der Waals surface area (Å²) in [6, 6.07) is 17.9. The molecule has 1 aliphatic carbocycles. The van der Waals surface area contributed by atoms with Crippen molar-refractivity contribution in [1.82, 2.24) is 14.7 Å². The van der Waals surface area contributed by atoms with Gasteiger partial charge in [-0.2, -0.15) is 0 Å². The second kappa shape index (κ2) is 8.66. The first kappa shape index (κ1) is 24.4. The number of aromatic nitrogens is 3. The molecule has 2 unspecified atom stereocenters. The van der Waals surface area contributed by atoms with E-state index in [1.807, 2.05) is 49.5 Å². The minimum Gasteiger partial charge on any atom is -0.381 e. The molecule has 1 N–H and O–H groups in total.